The Morgan fingerprint density at radius 2 is 2.10 bits per heavy atom. The Bertz CT molecular complexity index is 557. The molecule has 0 fully saturated rings. The third-order valence-corrected chi connectivity index (χ3v) is 2.21. The smallest absolute Gasteiger partial charge is 0.369 e. The second-order valence-corrected chi connectivity index (χ2v) is 3.63. The lowest BCUT2D eigenvalue weighted by molar-refractivity contribution is -0.141. The molecule has 2 rings (SSSR count). The highest BCUT2D eigenvalue weighted by Crippen LogP contribution is 2.29. The van der Waals surface area contributed by atoms with Gasteiger partial charge in [0.25, 0.3) is 0 Å². The third-order valence-electron chi connectivity index (χ3n) is 2.21. The molecule has 0 aliphatic carbocycles. The van der Waals surface area contributed by atoms with Crippen LogP contribution in [0.15, 0.2) is 17.0 Å². The summed E-state index contributed by atoms with van der Waals surface area (Å²) in [5.41, 5.74) is 0.887. The maximum atomic E-state index is 12.6. The minimum atomic E-state index is -4.58. The van der Waals surface area contributed by atoms with Crippen LogP contribution in [0.3, 0.4) is 0 Å². The number of anilines is 2. The maximum Gasteiger partial charge on any atom is 0.433 e. The van der Waals surface area contributed by atoms with Crippen LogP contribution in [0.2, 0.25) is 0 Å². The van der Waals surface area contributed by atoms with Gasteiger partial charge in [0.2, 0.25) is 12.3 Å². The van der Waals surface area contributed by atoms with E-state index >= 15 is 0 Å². The van der Waals surface area contributed by atoms with E-state index in [0.717, 1.165) is 12.5 Å². The van der Waals surface area contributed by atoms with Crippen molar-refractivity contribution in [1.29, 1.82) is 0 Å². The predicted octanol–water partition coefficient (Wildman–Crippen LogP) is 0.819. The number of nitrogens with one attached hydrogen (secondary N) is 2. The summed E-state index contributed by atoms with van der Waals surface area (Å²) in [5.74, 6) is 5.12. The van der Waals surface area contributed by atoms with E-state index in [9.17, 15) is 13.2 Å². The zero-order chi connectivity index (χ0) is 14.6. The van der Waals surface area contributed by atoms with Crippen molar-refractivity contribution in [2.75, 3.05) is 17.3 Å². The van der Waals surface area contributed by atoms with E-state index in [1.54, 1.807) is 0 Å². The Morgan fingerprint density at radius 1 is 1.30 bits per heavy atom. The highest BCUT2D eigenvalue weighted by molar-refractivity contribution is 5.42. The fraction of sp³-hybridized carbons (Fsp3) is 0.333. The molecule has 0 spiro atoms. The van der Waals surface area contributed by atoms with Gasteiger partial charge in [0, 0.05) is 19.0 Å². The molecule has 8 nitrogen and oxygen atoms in total. The Morgan fingerprint density at radius 3 is 2.70 bits per heavy atom. The number of nitrogen functional groups attached to an aromatic ring is 1. The number of nitrogens with zero attached hydrogens (tertiary/aromatic N) is 4. The van der Waals surface area contributed by atoms with Gasteiger partial charge in [0.05, 0.1) is 0 Å². The summed E-state index contributed by atoms with van der Waals surface area (Å²) >= 11 is 0. The van der Waals surface area contributed by atoms with Gasteiger partial charge in [-0.3, -0.25) is 5.43 Å². The summed E-state index contributed by atoms with van der Waals surface area (Å²) in [4.78, 5) is 10.8. The lowest BCUT2D eigenvalue weighted by Crippen LogP contribution is -2.17. The number of halogens is 3. The summed E-state index contributed by atoms with van der Waals surface area (Å²) in [5, 5.41) is 6.27. The molecule has 2 aromatic rings. The molecule has 0 saturated carbocycles. The molecule has 0 saturated heterocycles. The van der Waals surface area contributed by atoms with Crippen LogP contribution >= 0.6 is 0 Å². The maximum absolute atomic E-state index is 12.6. The summed E-state index contributed by atoms with van der Waals surface area (Å²) < 4.78 is 42.4. The Hall–Kier alpha value is -2.43. The first-order valence-electron chi connectivity index (χ1n) is 5.41. The summed E-state index contributed by atoms with van der Waals surface area (Å²) in [7, 11) is 0. The molecule has 0 radical (unpaired) electrons. The van der Waals surface area contributed by atoms with Crippen molar-refractivity contribution in [2.45, 2.75) is 12.6 Å². The molecule has 0 atom stereocenters. The average molecular weight is 289 g/mol. The number of hydrogen-bond acceptors (Lipinski definition) is 8. The first-order chi connectivity index (χ1) is 9.49. The molecule has 0 aromatic carbocycles. The quantitative estimate of drug-likeness (QED) is 0.547. The predicted molar refractivity (Wildman–Crippen MR) is 61.3 cm³/mol. The molecule has 0 unspecified atom stereocenters. The molecule has 2 heterocycles. The van der Waals surface area contributed by atoms with Gasteiger partial charge >= 0.3 is 6.18 Å². The average Bonchev–Trinajstić information content (AvgIpc) is 2.90. The van der Waals surface area contributed by atoms with Crippen molar-refractivity contribution in [2.24, 2.45) is 5.84 Å². The van der Waals surface area contributed by atoms with Crippen LogP contribution < -0.4 is 16.6 Å². The van der Waals surface area contributed by atoms with Gasteiger partial charge in [-0.1, -0.05) is 5.16 Å². The van der Waals surface area contributed by atoms with E-state index in [1.807, 2.05) is 5.43 Å². The Labute approximate surface area is 110 Å². The molecule has 2 aromatic heterocycles. The SMILES string of the molecule is NNc1nc(NCCc2ncon2)cc(C(F)(F)F)n1. The van der Waals surface area contributed by atoms with Gasteiger partial charge in [-0.25, -0.2) is 10.8 Å². The zero-order valence-corrected chi connectivity index (χ0v) is 9.98. The van der Waals surface area contributed by atoms with Gasteiger partial charge in [-0.2, -0.15) is 23.1 Å². The van der Waals surface area contributed by atoms with Gasteiger partial charge in [0.15, 0.2) is 11.5 Å². The largest absolute Gasteiger partial charge is 0.433 e. The molecule has 0 bridgehead atoms. The van der Waals surface area contributed by atoms with Crippen LogP contribution in [0.5, 0.6) is 0 Å². The van der Waals surface area contributed by atoms with Crippen molar-refractivity contribution in [1.82, 2.24) is 20.1 Å². The van der Waals surface area contributed by atoms with Crippen molar-refractivity contribution in [3.05, 3.63) is 24.0 Å². The van der Waals surface area contributed by atoms with Crippen LogP contribution in [-0.2, 0) is 12.6 Å². The van der Waals surface area contributed by atoms with Gasteiger partial charge < -0.3 is 9.84 Å². The molecule has 0 amide bonds. The van der Waals surface area contributed by atoms with Crippen LogP contribution in [-0.4, -0.2) is 26.7 Å². The third kappa shape index (κ3) is 3.54. The Kier molecular flexibility index (Phi) is 3.98. The summed E-state index contributed by atoms with van der Waals surface area (Å²) in [6, 6.07) is 0.789. The minimum absolute atomic E-state index is 0.0104. The normalized spacial score (nSPS) is 11.4. The number of rotatable bonds is 5. The topological polar surface area (TPSA) is 115 Å². The van der Waals surface area contributed by atoms with Gasteiger partial charge in [0.1, 0.15) is 5.82 Å². The van der Waals surface area contributed by atoms with Crippen LogP contribution in [0.4, 0.5) is 24.9 Å². The van der Waals surface area contributed by atoms with Gasteiger partial charge in [-0.15, -0.1) is 0 Å². The van der Waals surface area contributed by atoms with E-state index in [-0.39, 0.29) is 18.3 Å². The van der Waals surface area contributed by atoms with Crippen LogP contribution in [0.1, 0.15) is 11.5 Å². The Balaban J connectivity index is 2.06. The van der Waals surface area contributed by atoms with Gasteiger partial charge in [-0.05, 0) is 0 Å². The van der Waals surface area contributed by atoms with Crippen molar-refractivity contribution in [3.8, 4) is 0 Å². The summed E-state index contributed by atoms with van der Waals surface area (Å²) in [6.45, 7) is 0.276. The number of hydrazine groups is 1. The molecule has 11 heteroatoms. The standard InChI is InChI=1S/C9H10F3N7O/c10-9(11,12)5-3-7(17-8(16-5)18-13)14-2-1-6-15-4-20-19-6/h3-4H,1-2,13H2,(H2,14,16,17,18). The molecule has 0 aliphatic rings. The van der Waals surface area contributed by atoms with E-state index in [1.165, 1.54) is 0 Å². The second kappa shape index (κ2) is 5.69. The van der Waals surface area contributed by atoms with E-state index in [4.69, 9.17) is 5.84 Å². The van der Waals surface area contributed by atoms with E-state index in [2.05, 4.69) is 29.9 Å². The van der Waals surface area contributed by atoms with Crippen molar-refractivity contribution in [3.63, 3.8) is 0 Å². The second-order valence-electron chi connectivity index (χ2n) is 3.63. The fourth-order valence-electron chi connectivity index (χ4n) is 1.35. The first kappa shape index (κ1) is 14.0. The number of aromatic nitrogens is 4. The fourth-order valence-corrected chi connectivity index (χ4v) is 1.35. The number of alkyl halides is 3. The lowest BCUT2D eigenvalue weighted by atomic mass is 10.3. The van der Waals surface area contributed by atoms with E-state index in [0.29, 0.717) is 12.2 Å². The lowest BCUT2D eigenvalue weighted by Gasteiger charge is -2.10. The summed E-state index contributed by atoms with van der Waals surface area (Å²) in [6.07, 6.45) is -3.05. The highest BCUT2D eigenvalue weighted by Gasteiger charge is 2.33. The highest BCUT2D eigenvalue weighted by atomic mass is 19.4. The number of hydrogen-bond donors (Lipinski definition) is 3. The van der Waals surface area contributed by atoms with Crippen LogP contribution in [0.25, 0.3) is 0 Å². The van der Waals surface area contributed by atoms with Crippen molar-refractivity contribution >= 4 is 11.8 Å². The van der Waals surface area contributed by atoms with Crippen LogP contribution in [0, 0.1) is 0 Å². The van der Waals surface area contributed by atoms with Crippen molar-refractivity contribution < 1.29 is 17.7 Å². The molecule has 20 heavy (non-hydrogen) atoms. The molecular formula is C9H10F3N7O. The monoisotopic (exact) mass is 289 g/mol. The number of nitrogens with two attached hydrogens (primary N) is 1. The zero-order valence-electron chi connectivity index (χ0n) is 9.98. The molecule has 108 valence electrons. The minimum Gasteiger partial charge on any atom is -0.369 e. The molecular weight excluding hydrogens is 279 g/mol. The van der Waals surface area contributed by atoms with E-state index < -0.39 is 11.9 Å². The first-order valence-corrected chi connectivity index (χ1v) is 5.41. The molecule has 0 aliphatic heterocycles. The molecule has 4 N–H and O–H groups in total.